The number of morpholine rings is 1. The van der Waals surface area contributed by atoms with Gasteiger partial charge in [0.25, 0.3) is 5.89 Å². The highest BCUT2D eigenvalue weighted by molar-refractivity contribution is 7.89. The topological polar surface area (TPSA) is 104 Å². The quantitative estimate of drug-likeness (QED) is 0.584. The van der Waals surface area contributed by atoms with Crippen LogP contribution in [0, 0.1) is 0 Å². The van der Waals surface area contributed by atoms with Gasteiger partial charge >= 0.3 is 0 Å². The minimum atomic E-state index is -3.74. The van der Waals surface area contributed by atoms with Gasteiger partial charge in [0.2, 0.25) is 10.0 Å². The number of ether oxygens (including phenoxy) is 3. The summed E-state index contributed by atoms with van der Waals surface area (Å²) in [5, 5.41) is 5.99. The molecule has 158 valence electrons. The largest absolute Gasteiger partial charge is 0.486 e. The average Bonchev–Trinajstić information content (AvgIpc) is 3.46. The van der Waals surface area contributed by atoms with Crippen molar-refractivity contribution in [2.45, 2.75) is 17.4 Å². The molecule has 0 radical (unpaired) electrons. The van der Waals surface area contributed by atoms with Crippen molar-refractivity contribution in [1.29, 1.82) is 0 Å². The molecule has 5 rings (SSSR count). The molecule has 1 fully saturated rings. The molecule has 3 aromatic rings. The molecule has 2 aliphatic heterocycles. The number of nitrogens with zero attached hydrogens (tertiary/aromatic N) is 3. The Kier molecular flexibility index (Phi) is 5.19. The lowest BCUT2D eigenvalue weighted by Gasteiger charge is -2.30. The van der Waals surface area contributed by atoms with E-state index >= 15 is 0 Å². The lowest BCUT2D eigenvalue weighted by molar-refractivity contribution is -0.0199. The molecule has 0 amide bonds. The van der Waals surface area contributed by atoms with E-state index in [1.54, 1.807) is 17.4 Å². The van der Waals surface area contributed by atoms with Crippen molar-refractivity contribution < 1.29 is 27.2 Å². The Bertz CT molecular complexity index is 1130. The Morgan fingerprint density at radius 1 is 1.13 bits per heavy atom. The van der Waals surface area contributed by atoms with Gasteiger partial charge in [0.1, 0.15) is 13.2 Å². The standard InChI is InChI=1S/C19H19N3O6S2/c23-30(24,14-3-4-15-16(11-14)27-8-7-26-15)22-5-6-25-17(12-22)19-20-18(21-28-19)10-13-2-1-9-29-13/h1-4,9,11,17H,5-8,10,12H2/t17-/m0/s1. The molecule has 4 heterocycles. The van der Waals surface area contributed by atoms with Gasteiger partial charge in [-0.05, 0) is 23.6 Å². The van der Waals surface area contributed by atoms with Gasteiger partial charge in [-0.3, -0.25) is 0 Å². The monoisotopic (exact) mass is 449 g/mol. The SMILES string of the molecule is O=S(=O)(c1ccc2c(c1)OCCO2)N1CCO[C@H](c2nc(Cc3cccs3)no2)C1. The first-order valence-electron chi connectivity index (χ1n) is 9.46. The van der Waals surface area contributed by atoms with Gasteiger partial charge in [0.15, 0.2) is 23.4 Å². The number of aromatic nitrogens is 2. The van der Waals surface area contributed by atoms with Crippen LogP contribution in [0.15, 0.2) is 45.1 Å². The Hall–Kier alpha value is -2.47. The Morgan fingerprint density at radius 2 is 2.00 bits per heavy atom. The first-order valence-corrected chi connectivity index (χ1v) is 11.8. The second-order valence-electron chi connectivity index (χ2n) is 6.83. The van der Waals surface area contributed by atoms with Crippen LogP contribution in [0.25, 0.3) is 0 Å². The molecule has 0 unspecified atom stereocenters. The Balaban J connectivity index is 1.33. The van der Waals surface area contributed by atoms with Gasteiger partial charge in [-0.15, -0.1) is 11.3 Å². The molecule has 9 nitrogen and oxygen atoms in total. The number of fused-ring (bicyclic) bond motifs is 1. The van der Waals surface area contributed by atoms with Gasteiger partial charge in [0.05, 0.1) is 11.5 Å². The zero-order valence-electron chi connectivity index (χ0n) is 15.9. The molecule has 2 aromatic heterocycles. The van der Waals surface area contributed by atoms with Crippen LogP contribution in [-0.2, 0) is 21.2 Å². The third-order valence-corrected chi connectivity index (χ3v) is 7.59. The van der Waals surface area contributed by atoms with E-state index in [-0.39, 0.29) is 30.5 Å². The number of sulfonamides is 1. The highest BCUT2D eigenvalue weighted by Crippen LogP contribution is 2.34. The zero-order chi connectivity index (χ0) is 20.6. The average molecular weight is 450 g/mol. The van der Waals surface area contributed by atoms with Crippen molar-refractivity contribution in [3.63, 3.8) is 0 Å². The van der Waals surface area contributed by atoms with E-state index < -0.39 is 16.1 Å². The normalized spacial score (nSPS) is 19.7. The highest BCUT2D eigenvalue weighted by atomic mass is 32.2. The highest BCUT2D eigenvalue weighted by Gasteiger charge is 2.34. The number of benzene rings is 1. The van der Waals surface area contributed by atoms with Crippen molar-refractivity contribution in [2.24, 2.45) is 0 Å². The lowest BCUT2D eigenvalue weighted by Crippen LogP contribution is -2.42. The van der Waals surface area contributed by atoms with Crippen LogP contribution in [-0.4, -0.2) is 55.8 Å². The number of hydrogen-bond acceptors (Lipinski definition) is 9. The maximum atomic E-state index is 13.2. The van der Waals surface area contributed by atoms with E-state index in [0.717, 1.165) is 4.88 Å². The molecule has 1 atom stereocenters. The molecule has 2 aliphatic rings. The third-order valence-electron chi connectivity index (χ3n) is 4.85. The van der Waals surface area contributed by atoms with Gasteiger partial charge in [0, 0.05) is 30.5 Å². The van der Waals surface area contributed by atoms with Crippen LogP contribution in [0.1, 0.15) is 22.7 Å². The van der Waals surface area contributed by atoms with Crippen LogP contribution in [0.2, 0.25) is 0 Å². The van der Waals surface area contributed by atoms with Crippen molar-refractivity contribution in [1.82, 2.24) is 14.4 Å². The molecule has 0 bridgehead atoms. The molecule has 0 spiro atoms. The van der Waals surface area contributed by atoms with Crippen LogP contribution in [0.4, 0.5) is 0 Å². The van der Waals surface area contributed by atoms with Crippen LogP contribution < -0.4 is 9.47 Å². The van der Waals surface area contributed by atoms with E-state index in [9.17, 15) is 8.42 Å². The number of rotatable bonds is 5. The molecule has 0 N–H and O–H groups in total. The van der Waals surface area contributed by atoms with Crippen molar-refractivity contribution in [3.05, 3.63) is 52.3 Å². The molecular formula is C19H19N3O6S2. The third kappa shape index (κ3) is 3.81. The van der Waals surface area contributed by atoms with Crippen molar-refractivity contribution >= 4 is 21.4 Å². The number of thiophene rings is 1. The fourth-order valence-corrected chi connectivity index (χ4v) is 5.51. The zero-order valence-corrected chi connectivity index (χ0v) is 17.5. The summed E-state index contributed by atoms with van der Waals surface area (Å²) < 4.78 is 49.8. The second-order valence-corrected chi connectivity index (χ2v) is 9.80. The smallest absolute Gasteiger partial charge is 0.257 e. The molecule has 1 saturated heterocycles. The summed E-state index contributed by atoms with van der Waals surface area (Å²) in [5.41, 5.74) is 0. The summed E-state index contributed by atoms with van der Waals surface area (Å²) in [6, 6.07) is 8.61. The van der Waals surface area contributed by atoms with E-state index in [1.165, 1.54) is 16.4 Å². The summed E-state index contributed by atoms with van der Waals surface area (Å²) in [7, 11) is -3.74. The van der Waals surface area contributed by atoms with Gasteiger partial charge in [-0.2, -0.15) is 9.29 Å². The summed E-state index contributed by atoms with van der Waals surface area (Å²) >= 11 is 1.61. The van der Waals surface area contributed by atoms with Gasteiger partial charge < -0.3 is 18.7 Å². The molecule has 30 heavy (non-hydrogen) atoms. The predicted molar refractivity (Wildman–Crippen MR) is 106 cm³/mol. The molecular weight excluding hydrogens is 430 g/mol. The fraction of sp³-hybridized carbons (Fsp3) is 0.368. The summed E-state index contributed by atoms with van der Waals surface area (Å²) in [5.74, 6) is 1.80. The molecule has 1 aromatic carbocycles. The van der Waals surface area contributed by atoms with Gasteiger partial charge in [-0.1, -0.05) is 11.2 Å². The molecule has 11 heteroatoms. The molecule has 0 saturated carbocycles. The first-order chi connectivity index (χ1) is 14.6. The van der Waals surface area contributed by atoms with E-state index in [0.29, 0.717) is 37.0 Å². The fourth-order valence-electron chi connectivity index (χ4n) is 3.37. The van der Waals surface area contributed by atoms with Gasteiger partial charge in [-0.25, -0.2) is 8.42 Å². The summed E-state index contributed by atoms with van der Waals surface area (Å²) in [4.78, 5) is 5.67. The van der Waals surface area contributed by atoms with Crippen molar-refractivity contribution in [3.8, 4) is 11.5 Å². The Morgan fingerprint density at radius 3 is 2.83 bits per heavy atom. The first kappa shape index (κ1) is 19.5. The van der Waals surface area contributed by atoms with E-state index in [1.807, 2.05) is 17.5 Å². The minimum Gasteiger partial charge on any atom is -0.486 e. The number of hydrogen-bond donors (Lipinski definition) is 0. The molecule has 0 aliphatic carbocycles. The van der Waals surface area contributed by atoms with Crippen LogP contribution in [0.3, 0.4) is 0 Å². The Labute approximate surface area is 177 Å². The van der Waals surface area contributed by atoms with E-state index in [2.05, 4.69) is 10.1 Å². The summed E-state index contributed by atoms with van der Waals surface area (Å²) in [6.45, 7) is 1.40. The predicted octanol–water partition coefficient (Wildman–Crippen LogP) is 2.26. The lowest BCUT2D eigenvalue weighted by atomic mass is 10.3. The maximum absolute atomic E-state index is 13.2. The van der Waals surface area contributed by atoms with Crippen LogP contribution in [0.5, 0.6) is 11.5 Å². The van der Waals surface area contributed by atoms with E-state index in [4.69, 9.17) is 18.7 Å². The minimum absolute atomic E-state index is 0.0947. The van der Waals surface area contributed by atoms with Crippen LogP contribution >= 0.6 is 11.3 Å². The second kappa shape index (κ2) is 7.99. The summed E-state index contributed by atoms with van der Waals surface area (Å²) in [6.07, 6.45) is -0.0528. The maximum Gasteiger partial charge on any atom is 0.257 e. The van der Waals surface area contributed by atoms with Crippen molar-refractivity contribution in [2.75, 3.05) is 32.9 Å².